The Morgan fingerprint density at radius 3 is 2.45 bits per heavy atom. The van der Waals surface area contributed by atoms with E-state index in [1.165, 1.54) is 6.20 Å². The minimum Gasteiger partial charge on any atom is -0.444 e. The third kappa shape index (κ3) is 5.17. The van der Waals surface area contributed by atoms with Gasteiger partial charge in [0.1, 0.15) is 5.60 Å². The molecule has 0 unspecified atom stereocenters. The molecule has 9 nitrogen and oxygen atoms in total. The number of nitrogens with zero attached hydrogens (tertiary/aromatic N) is 3. The predicted molar refractivity (Wildman–Crippen MR) is 108 cm³/mol. The fraction of sp³-hybridized carbons (Fsp3) is 0.263. The zero-order valence-corrected chi connectivity index (χ0v) is 17.2. The normalized spacial score (nSPS) is 11.9. The van der Waals surface area contributed by atoms with Gasteiger partial charge in [0.05, 0.1) is 17.6 Å². The molecule has 0 saturated carbocycles. The topological polar surface area (TPSA) is 127 Å². The summed E-state index contributed by atoms with van der Waals surface area (Å²) in [5.41, 5.74) is 2.49. The Kier molecular flexibility index (Phi) is 5.38. The first-order valence-corrected chi connectivity index (χ1v) is 10.6. The molecule has 0 aliphatic carbocycles. The van der Waals surface area contributed by atoms with Crippen LogP contribution >= 0.6 is 0 Å². The third-order valence-electron chi connectivity index (χ3n) is 3.70. The van der Waals surface area contributed by atoms with Gasteiger partial charge in [-0.3, -0.25) is 10.4 Å². The lowest BCUT2D eigenvalue weighted by Crippen LogP contribution is -2.27. The summed E-state index contributed by atoms with van der Waals surface area (Å²) in [5, 5.41) is 9.37. The average molecular weight is 415 g/mol. The van der Waals surface area contributed by atoms with Crippen molar-refractivity contribution in [3.05, 3.63) is 42.7 Å². The van der Waals surface area contributed by atoms with Crippen molar-refractivity contribution in [2.24, 2.45) is 0 Å². The zero-order chi connectivity index (χ0) is 21.2. The molecule has 1 amide bonds. The van der Waals surface area contributed by atoms with Gasteiger partial charge in [0.25, 0.3) is 0 Å². The van der Waals surface area contributed by atoms with Crippen LogP contribution in [0.4, 0.5) is 10.5 Å². The van der Waals surface area contributed by atoms with E-state index in [-0.39, 0.29) is 5.16 Å². The van der Waals surface area contributed by atoms with E-state index in [1.807, 2.05) is 0 Å². The number of benzene rings is 1. The van der Waals surface area contributed by atoms with Crippen molar-refractivity contribution in [1.82, 2.24) is 20.2 Å². The van der Waals surface area contributed by atoms with E-state index in [1.54, 1.807) is 57.3 Å². The Balaban J connectivity index is 1.85. The number of sulfone groups is 1. The van der Waals surface area contributed by atoms with Crippen LogP contribution in [0.2, 0.25) is 0 Å². The highest BCUT2D eigenvalue weighted by Crippen LogP contribution is 2.30. The maximum Gasteiger partial charge on any atom is 0.412 e. The van der Waals surface area contributed by atoms with Crippen LogP contribution in [0.15, 0.2) is 47.9 Å². The van der Waals surface area contributed by atoms with Crippen LogP contribution in [0.3, 0.4) is 0 Å². The van der Waals surface area contributed by atoms with Crippen LogP contribution < -0.4 is 5.32 Å². The zero-order valence-electron chi connectivity index (χ0n) is 16.4. The van der Waals surface area contributed by atoms with E-state index < -0.39 is 21.5 Å². The summed E-state index contributed by atoms with van der Waals surface area (Å²) in [5.74, 6) is 0. The van der Waals surface area contributed by atoms with Gasteiger partial charge in [-0.25, -0.2) is 23.2 Å². The molecule has 3 rings (SSSR count). The molecular weight excluding hydrogens is 394 g/mol. The number of hydrogen-bond acceptors (Lipinski definition) is 7. The molecule has 1 aromatic carbocycles. The summed E-state index contributed by atoms with van der Waals surface area (Å²) in [7, 11) is -3.53. The van der Waals surface area contributed by atoms with E-state index >= 15 is 0 Å². The quantitative estimate of drug-likeness (QED) is 0.626. The molecule has 0 atom stereocenters. The lowest BCUT2D eigenvalue weighted by molar-refractivity contribution is 0.0636. The van der Waals surface area contributed by atoms with Gasteiger partial charge in [-0.05, 0) is 39.0 Å². The van der Waals surface area contributed by atoms with Crippen molar-refractivity contribution in [1.29, 1.82) is 0 Å². The highest BCUT2D eigenvalue weighted by Gasteiger charge is 2.17. The van der Waals surface area contributed by atoms with Gasteiger partial charge in [0.2, 0.25) is 15.0 Å². The maximum atomic E-state index is 11.9. The molecule has 0 saturated heterocycles. The van der Waals surface area contributed by atoms with E-state index in [0.29, 0.717) is 22.6 Å². The Morgan fingerprint density at radius 2 is 1.83 bits per heavy atom. The van der Waals surface area contributed by atoms with Gasteiger partial charge in [-0.2, -0.15) is 5.10 Å². The number of H-pyrrole nitrogens is 1. The van der Waals surface area contributed by atoms with Gasteiger partial charge < -0.3 is 4.74 Å². The highest BCUT2D eigenvalue weighted by molar-refractivity contribution is 7.90. The molecule has 0 fully saturated rings. The molecule has 0 bridgehead atoms. The lowest BCUT2D eigenvalue weighted by atomic mass is 10.1. The summed E-state index contributed by atoms with van der Waals surface area (Å²) < 4.78 is 28.7. The van der Waals surface area contributed by atoms with Gasteiger partial charge in [-0.1, -0.05) is 12.1 Å². The molecule has 0 aliphatic heterocycles. The highest BCUT2D eigenvalue weighted by atomic mass is 32.2. The minimum absolute atomic E-state index is 0.251. The summed E-state index contributed by atoms with van der Waals surface area (Å²) in [6.45, 7) is 5.37. The first-order chi connectivity index (χ1) is 13.5. The molecule has 10 heteroatoms. The van der Waals surface area contributed by atoms with Crippen LogP contribution in [0.5, 0.6) is 0 Å². The van der Waals surface area contributed by atoms with Crippen LogP contribution in [0, 0.1) is 0 Å². The van der Waals surface area contributed by atoms with Crippen molar-refractivity contribution in [3.8, 4) is 22.5 Å². The molecular formula is C19H21N5O4S. The largest absolute Gasteiger partial charge is 0.444 e. The van der Waals surface area contributed by atoms with Crippen molar-refractivity contribution in [3.63, 3.8) is 0 Å². The van der Waals surface area contributed by atoms with Crippen LogP contribution in [0.1, 0.15) is 20.8 Å². The van der Waals surface area contributed by atoms with Crippen molar-refractivity contribution >= 4 is 21.6 Å². The number of hydrogen-bond donors (Lipinski definition) is 2. The summed E-state index contributed by atoms with van der Waals surface area (Å²) in [6, 6.07) is 8.66. The summed E-state index contributed by atoms with van der Waals surface area (Å²) in [4.78, 5) is 19.8. The predicted octanol–water partition coefficient (Wildman–Crippen LogP) is 3.28. The number of aromatic amines is 1. The lowest BCUT2D eigenvalue weighted by Gasteiger charge is -2.19. The first-order valence-electron chi connectivity index (χ1n) is 8.70. The number of ether oxygens (including phenoxy) is 1. The number of aromatic nitrogens is 4. The SMILES string of the molecule is CC(C)(C)OC(=O)Nc1ccc(-c2[nH]ncc2-c2ccnc(S(C)(=O)=O)n2)cc1. The van der Waals surface area contributed by atoms with E-state index in [2.05, 4.69) is 25.5 Å². The maximum absolute atomic E-state index is 11.9. The van der Waals surface area contributed by atoms with Crippen molar-refractivity contribution in [2.45, 2.75) is 31.5 Å². The van der Waals surface area contributed by atoms with E-state index in [9.17, 15) is 13.2 Å². The number of nitrogens with one attached hydrogen (secondary N) is 2. The Bertz CT molecular complexity index is 1130. The summed E-state index contributed by atoms with van der Waals surface area (Å²) >= 11 is 0. The molecule has 2 N–H and O–H groups in total. The molecule has 2 aromatic heterocycles. The van der Waals surface area contributed by atoms with Gasteiger partial charge >= 0.3 is 6.09 Å². The molecule has 2 heterocycles. The number of anilines is 1. The van der Waals surface area contributed by atoms with Gasteiger partial charge in [-0.15, -0.1) is 0 Å². The second-order valence-corrected chi connectivity index (χ2v) is 9.27. The Labute approximate surface area is 168 Å². The van der Waals surface area contributed by atoms with E-state index in [0.717, 1.165) is 11.8 Å². The average Bonchev–Trinajstić information content (AvgIpc) is 3.10. The molecule has 152 valence electrons. The second kappa shape index (κ2) is 7.63. The monoisotopic (exact) mass is 415 g/mol. The fourth-order valence-corrected chi connectivity index (χ4v) is 3.03. The van der Waals surface area contributed by atoms with Gasteiger partial charge in [0, 0.05) is 29.3 Å². The van der Waals surface area contributed by atoms with Crippen molar-refractivity contribution < 1.29 is 17.9 Å². The molecule has 3 aromatic rings. The minimum atomic E-state index is -3.53. The Morgan fingerprint density at radius 1 is 1.14 bits per heavy atom. The number of amides is 1. The second-order valence-electron chi connectivity index (χ2n) is 7.36. The Hall–Kier alpha value is -3.27. The first kappa shape index (κ1) is 20.5. The third-order valence-corrected chi connectivity index (χ3v) is 4.56. The van der Waals surface area contributed by atoms with Crippen LogP contribution in [-0.2, 0) is 14.6 Å². The van der Waals surface area contributed by atoms with Crippen LogP contribution in [-0.4, -0.2) is 46.5 Å². The number of carbonyl (C=O) groups excluding carboxylic acids is 1. The molecule has 29 heavy (non-hydrogen) atoms. The van der Waals surface area contributed by atoms with E-state index in [4.69, 9.17) is 4.74 Å². The smallest absolute Gasteiger partial charge is 0.412 e. The summed E-state index contributed by atoms with van der Waals surface area (Å²) in [6.07, 6.45) is 3.47. The van der Waals surface area contributed by atoms with Crippen molar-refractivity contribution in [2.75, 3.05) is 11.6 Å². The van der Waals surface area contributed by atoms with Crippen LogP contribution in [0.25, 0.3) is 22.5 Å². The standard InChI is InChI=1S/C19H21N5O4S/c1-19(2,3)28-18(25)22-13-7-5-12(6-8-13)16-14(11-21-24-16)15-9-10-20-17(23-15)29(4,26)27/h5-11H,1-4H3,(H,21,24)(H,22,25). The fourth-order valence-electron chi connectivity index (χ4n) is 2.51. The molecule has 0 spiro atoms. The number of rotatable bonds is 4. The van der Waals surface area contributed by atoms with Gasteiger partial charge in [0.15, 0.2) is 0 Å². The molecule has 0 radical (unpaired) electrons. The number of carbonyl (C=O) groups is 1. The molecule has 0 aliphatic rings.